The Morgan fingerprint density at radius 3 is 2.52 bits per heavy atom. The van der Waals surface area contributed by atoms with E-state index in [-0.39, 0.29) is 15.1 Å². The van der Waals surface area contributed by atoms with E-state index in [0.717, 1.165) is 6.54 Å². The van der Waals surface area contributed by atoms with Gasteiger partial charge in [0.15, 0.2) is 4.67 Å². The first-order valence-electron chi connectivity index (χ1n) is 6.76. The normalized spacial score (nSPS) is 13.1. The molecule has 0 aliphatic rings. The first-order valence-corrected chi connectivity index (χ1v) is 9.04. The summed E-state index contributed by atoms with van der Waals surface area (Å²) in [5.74, 6) is 0.580. The molecule has 0 saturated heterocycles. The minimum atomic E-state index is -3.61. The molecular formula is C13H24BrN3O3S. The average Bonchev–Trinajstić information content (AvgIpc) is 2.76. The maximum absolute atomic E-state index is 12.4. The summed E-state index contributed by atoms with van der Waals surface area (Å²) in [6.45, 7) is 7.50. The molecule has 0 aliphatic carbocycles. The van der Waals surface area contributed by atoms with Crippen molar-refractivity contribution >= 4 is 26.0 Å². The lowest BCUT2D eigenvalue weighted by atomic mass is 10.1. The summed E-state index contributed by atoms with van der Waals surface area (Å²) < 4.78 is 33.0. The van der Waals surface area contributed by atoms with Crippen molar-refractivity contribution in [2.45, 2.75) is 37.8 Å². The van der Waals surface area contributed by atoms with Crippen molar-refractivity contribution in [2.75, 3.05) is 27.2 Å². The molecule has 1 rings (SSSR count). The molecule has 0 fully saturated rings. The fraction of sp³-hybridized carbons (Fsp3) is 0.692. The first kappa shape index (κ1) is 18.6. The van der Waals surface area contributed by atoms with Crippen LogP contribution in [0.4, 0.5) is 0 Å². The maximum atomic E-state index is 12.4. The lowest BCUT2D eigenvalue weighted by Gasteiger charge is -2.32. The molecule has 0 saturated carbocycles. The van der Waals surface area contributed by atoms with Crippen LogP contribution in [0.1, 0.15) is 26.5 Å². The van der Waals surface area contributed by atoms with Gasteiger partial charge in [-0.05, 0) is 50.4 Å². The predicted molar refractivity (Wildman–Crippen MR) is 86.7 cm³/mol. The van der Waals surface area contributed by atoms with Crippen LogP contribution in [0.2, 0.25) is 0 Å². The van der Waals surface area contributed by atoms with Crippen molar-refractivity contribution in [3.8, 4) is 0 Å². The van der Waals surface area contributed by atoms with Gasteiger partial charge in [-0.1, -0.05) is 6.92 Å². The highest BCUT2D eigenvalue weighted by Gasteiger charge is 2.27. The summed E-state index contributed by atoms with van der Waals surface area (Å²) in [5, 5.41) is 3.09. The quantitative estimate of drug-likeness (QED) is 0.717. The topological polar surface area (TPSA) is 74.6 Å². The van der Waals surface area contributed by atoms with Crippen LogP contribution >= 0.6 is 15.9 Å². The van der Waals surface area contributed by atoms with E-state index >= 15 is 0 Å². The third-order valence-electron chi connectivity index (χ3n) is 3.45. The molecule has 21 heavy (non-hydrogen) atoms. The van der Waals surface area contributed by atoms with Crippen molar-refractivity contribution in [3.63, 3.8) is 0 Å². The maximum Gasteiger partial charge on any atom is 0.245 e. The Morgan fingerprint density at radius 1 is 1.38 bits per heavy atom. The summed E-state index contributed by atoms with van der Waals surface area (Å²) in [7, 11) is 0.220. The van der Waals surface area contributed by atoms with Gasteiger partial charge in [0.1, 0.15) is 10.7 Å². The number of halogens is 1. The Bertz CT molecular complexity index is 567. The van der Waals surface area contributed by atoms with Crippen LogP contribution in [0.15, 0.2) is 20.0 Å². The summed E-state index contributed by atoms with van der Waals surface area (Å²) in [4.78, 5) is 2.10. The van der Waals surface area contributed by atoms with Gasteiger partial charge in [-0.15, -0.1) is 0 Å². The zero-order valence-electron chi connectivity index (χ0n) is 13.2. The van der Waals surface area contributed by atoms with Crippen LogP contribution in [0.3, 0.4) is 0 Å². The number of hydrogen-bond acceptors (Lipinski definition) is 5. The third-order valence-corrected chi connectivity index (χ3v) is 5.71. The second-order valence-electron chi connectivity index (χ2n) is 5.66. The summed E-state index contributed by atoms with van der Waals surface area (Å²) in [5.41, 5.74) is -0.282. The van der Waals surface area contributed by atoms with Gasteiger partial charge in [-0.25, -0.2) is 13.1 Å². The molecular weight excluding hydrogens is 358 g/mol. The highest BCUT2D eigenvalue weighted by Crippen LogP contribution is 2.26. The standard InChI is InChI=1S/C13H24BrN3O3S/c1-6-15-8-10-7-11(12(14)20-10)21(18,19)16-9-13(2,3)17(4)5/h7,15-16H,6,8-9H2,1-5H3. The number of nitrogens with zero attached hydrogens (tertiary/aromatic N) is 1. The molecule has 0 radical (unpaired) electrons. The van der Waals surface area contributed by atoms with Gasteiger partial charge in [0, 0.05) is 18.2 Å². The highest BCUT2D eigenvalue weighted by molar-refractivity contribution is 9.10. The average molecular weight is 382 g/mol. The zero-order valence-corrected chi connectivity index (χ0v) is 15.6. The van der Waals surface area contributed by atoms with E-state index in [1.54, 1.807) is 0 Å². The Hall–Kier alpha value is -0.410. The smallest absolute Gasteiger partial charge is 0.245 e. The Balaban J connectivity index is 2.86. The molecule has 6 nitrogen and oxygen atoms in total. The van der Waals surface area contributed by atoms with Crippen molar-refractivity contribution < 1.29 is 12.8 Å². The molecule has 122 valence electrons. The van der Waals surface area contributed by atoms with Crippen molar-refractivity contribution in [2.24, 2.45) is 0 Å². The van der Waals surface area contributed by atoms with Gasteiger partial charge in [0.05, 0.1) is 6.54 Å². The Morgan fingerprint density at radius 2 is 2.00 bits per heavy atom. The molecule has 1 heterocycles. The second-order valence-corrected chi connectivity index (χ2v) is 8.12. The summed E-state index contributed by atoms with van der Waals surface area (Å²) >= 11 is 3.17. The molecule has 0 aromatic carbocycles. The summed E-state index contributed by atoms with van der Waals surface area (Å²) in [6, 6.07) is 1.54. The van der Waals surface area contributed by atoms with E-state index in [4.69, 9.17) is 4.42 Å². The van der Waals surface area contributed by atoms with Crippen LogP contribution in [0.5, 0.6) is 0 Å². The lowest BCUT2D eigenvalue weighted by Crippen LogP contribution is -2.48. The monoisotopic (exact) mass is 381 g/mol. The lowest BCUT2D eigenvalue weighted by molar-refractivity contribution is 0.199. The van der Waals surface area contributed by atoms with E-state index in [2.05, 4.69) is 26.0 Å². The third kappa shape index (κ3) is 5.07. The van der Waals surface area contributed by atoms with Crippen LogP contribution < -0.4 is 10.0 Å². The molecule has 0 bridgehead atoms. The minimum absolute atomic E-state index is 0.130. The molecule has 0 spiro atoms. The number of likely N-dealkylation sites (N-methyl/N-ethyl adjacent to an activating group) is 1. The molecule has 2 N–H and O–H groups in total. The molecule has 0 unspecified atom stereocenters. The van der Waals surface area contributed by atoms with Crippen molar-refractivity contribution in [1.82, 2.24) is 14.9 Å². The largest absolute Gasteiger partial charge is 0.452 e. The number of rotatable bonds is 8. The van der Waals surface area contributed by atoms with E-state index in [0.29, 0.717) is 18.8 Å². The van der Waals surface area contributed by atoms with Gasteiger partial charge in [0.2, 0.25) is 10.0 Å². The number of furan rings is 1. The van der Waals surface area contributed by atoms with Gasteiger partial charge < -0.3 is 14.6 Å². The van der Waals surface area contributed by atoms with Crippen LogP contribution in [-0.4, -0.2) is 46.0 Å². The number of hydrogen-bond donors (Lipinski definition) is 2. The fourth-order valence-electron chi connectivity index (χ4n) is 1.42. The van der Waals surface area contributed by atoms with Gasteiger partial charge in [-0.2, -0.15) is 0 Å². The fourth-order valence-corrected chi connectivity index (χ4v) is 3.62. The molecule has 8 heteroatoms. The van der Waals surface area contributed by atoms with E-state index < -0.39 is 10.0 Å². The van der Waals surface area contributed by atoms with E-state index in [9.17, 15) is 8.42 Å². The number of sulfonamides is 1. The van der Waals surface area contributed by atoms with Gasteiger partial charge in [-0.3, -0.25) is 0 Å². The van der Waals surface area contributed by atoms with E-state index in [1.165, 1.54) is 6.07 Å². The van der Waals surface area contributed by atoms with E-state index in [1.807, 2.05) is 39.8 Å². The Labute approximate surface area is 135 Å². The highest BCUT2D eigenvalue weighted by atomic mass is 79.9. The van der Waals surface area contributed by atoms with Gasteiger partial charge >= 0.3 is 0 Å². The zero-order chi connectivity index (χ0) is 16.3. The molecule has 1 aromatic heterocycles. The second kappa shape index (κ2) is 7.23. The Kier molecular flexibility index (Phi) is 6.42. The predicted octanol–water partition coefficient (Wildman–Crippen LogP) is 1.77. The van der Waals surface area contributed by atoms with Crippen molar-refractivity contribution in [3.05, 3.63) is 16.5 Å². The van der Waals surface area contributed by atoms with Crippen LogP contribution in [0, 0.1) is 0 Å². The molecule has 0 amide bonds. The number of nitrogens with one attached hydrogen (secondary N) is 2. The van der Waals surface area contributed by atoms with Crippen LogP contribution in [0.25, 0.3) is 0 Å². The molecule has 1 aromatic rings. The van der Waals surface area contributed by atoms with Gasteiger partial charge in [0.25, 0.3) is 0 Å². The summed E-state index contributed by atoms with van der Waals surface area (Å²) in [6.07, 6.45) is 0. The first-order chi connectivity index (χ1) is 9.60. The minimum Gasteiger partial charge on any atom is -0.452 e. The SMILES string of the molecule is CCNCc1cc(S(=O)(=O)NCC(C)(C)N(C)C)c(Br)o1. The van der Waals surface area contributed by atoms with Crippen LogP contribution in [-0.2, 0) is 16.6 Å². The molecule has 0 aliphatic heterocycles. The molecule has 0 atom stereocenters. The van der Waals surface area contributed by atoms with Crippen molar-refractivity contribution in [1.29, 1.82) is 0 Å².